The van der Waals surface area contributed by atoms with Gasteiger partial charge in [-0.05, 0) is 25.0 Å². The summed E-state index contributed by atoms with van der Waals surface area (Å²) in [4.78, 5) is 18.6. The SMILES string of the molecule is O=C(c1cscn1)N1C2CCC1CC(O)(c1ccco1)C2. The number of furan rings is 1. The number of fused-ring (bicyclic) bond motifs is 2. The smallest absolute Gasteiger partial charge is 0.273 e. The second-order valence-electron chi connectivity index (χ2n) is 5.89. The van der Waals surface area contributed by atoms with Crippen molar-refractivity contribution in [3.63, 3.8) is 0 Å². The van der Waals surface area contributed by atoms with Gasteiger partial charge < -0.3 is 14.4 Å². The number of nitrogens with zero attached hydrogens (tertiary/aromatic N) is 2. The van der Waals surface area contributed by atoms with Crippen molar-refractivity contribution in [3.8, 4) is 0 Å². The molecule has 2 aromatic heterocycles. The average Bonchev–Trinajstić information content (AvgIpc) is 3.18. The van der Waals surface area contributed by atoms with E-state index in [0.717, 1.165) is 12.8 Å². The highest BCUT2D eigenvalue weighted by Crippen LogP contribution is 2.46. The van der Waals surface area contributed by atoms with Gasteiger partial charge in [-0.1, -0.05) is 0 Å². The number of aliphatic hydroxyl groups is 1. The van der Waals surface area contributed by atoms with Crippen LogP contribution in [0.3, 0.4) is 0 Å². The zero-order valence-corrected chi connectivity index (χ0v) is 12.3. The van der Waals surface area contributed by atoms with Gasteiger partial charge in [-0.15, -0.1) is 11.3 Å². The summed E-state index contributed by atoms with van der Waals surface area (Å²) in [5.74, 6) is 0.602. The number of aromatic nitrogens is 1. The summed E-state index contributed by atoms with van der Waals surface area (Å²) in [6.45, 7) is 0. The third-order valence-corrected chi connectivity index (χ3v) is 5.22. The molecule has 2 bridgehead atoms. The molecule has 2 fully saturated rings. The summed E-state index contributed by atoms with van der Waals surface area (Å²) in [7, 11) is 0. The molecule has 21 heavy (non-hydrogen) atoms. The number of thiazole rings is 1. The van der Waals surface area contributed by atoms with Crippen molar-refractivity contribution in [3.05, 3.63) is 40.7 Å². The van der Waals surface area contributed by atoms with E-state index in [1.807, 2.05) is 11.0 Å². The van der Waals surface area contributed by atoms with Crippen molar-refractivity contribution in [1.29, 1.82) is 0 Å². The zero-order chi connectivity index (χ0) is 14.4. The molecule has 1 amide bonds. The largest absolute Gasteiger partial charge is 0.466 e. The van der Waals surface area contributed by atoms with E-state index in [9.17, 15) is 9.90 Å². The summed E-state index contributed by atoms with van der Waals surface area (Å²) in [6, 6.07) is 3.74. The highest BCUT2D eigenvalue weighted by atomic mass is 32.1. The monoisotopic (exact) mass is 304 g/mol. The predicted molar refractivity (Wildman–Crippen MR) is 76.9 cm³/mol. The molecule has 6 heteroatoms. The predicted octanol–water partition coefficient (Wildman–Crippen LogP) is 2.39. The molecule has 4 rings (SSSR count). The molecule has 2 saturated heterocycles. The molecule has 4 heterocycles. The fraction of sp³-hybridized carbons (Fsp3) is 0.467. The van der Waals surface area contributed by atoms with Gasteiger partial charge >= 0.3 is 0 Å². The van der Waals surface area contributed by atoms with Crippen LogP contribution >= 0.6 is 11.3 Å². The van der Waals surface area contributed by atoms with E-state index in [2.05, 4.69) is 4.98 Å². The van der Waals surface area contributed by atoms with Crippen molar-refractivity contribution in [2.75, 3.05) is 0 Å². The fourth-order valence-electron chi connectivity index (χ4n) is 3.75. The van der Waals surface area contributed by atoms with Gasteiger partial charge in [0, 0.05) is 30.3 Å². The third kappa shape index (κ3) is 2.01. The lowest BCUT2D eigenvalue weighted by Crippen LogP contribution is -2.52. The summed E-state index contributed by atoms with van der Waals surface area (Å²) in [5, 5.41) is 12.7. The lowest BCUT2D eigenvalue weighted by Gasteiger charge is -2.42. The Kier molecular flexibility index (Phi) is 2.90. The Morgan fingerprint density at radius 2 is 2.19 bits per heavy atom. The van der Waals surface area contributed by atoms with Crippen molar-refractivity contribution in [2.24, 2.45) is 0 Å². The molecule has 110 valence electrons. The van der Waals surface area contributed by atoms with Crippen molar-refractivity contribution in [2.45, 2.75) is 43.4 Å². The van der Waals surface area contributed by atoms with Crippen LogP contribution < -0.4 is 0 Å². The number of carbonyl (C=O) groups is 1. The van der Waals surface area contributed by atoms with Crippen LogP contribution in [0.4, 0.5) is 0 Å². The normalized spacial score (nSPS) is 31.6. The quantitative estimate of drug-likeness (QED) is 0.925. The molecule has 0 spiro atoms. The molecular formula is C15H16N2O3S. The maximum Gasteiger partial charge on any atom is 0.273 e. The second-order valence-corrected chi connectivity index (χ2v) is 6.61. The summed E-state index contributed by atoms with van der Waals surface area (Å²) in [5.41, 5.74) is 1.24. The fourth-order valence-corrected chi connectivity index (χ4v) is 4.28. The Balaban J connectivity index is 1.61. The van der Waals surface area contributed by atoms with Crippen LogP contribution in [-0.2, 0) is 5.60 Å². The van der Waals surface area contributed by atoms with E-state index in [-0.39, 0.29) is 18.0 Å². The van der Waals surface area contributed by atoms with E-state index in [4.69, 9.17) is 4.42 Å². The first kappa shape index (κ1) is 13.0. The molecule has 2 aliphatic heterocycles. The lowest BCUT2D eigenvalue weighted by molar-refractivity contribution is -0.0616. The molecule has 2 aromatic rings. The summed E-state index contributed by atoms with van der Waals surface area (Å²) in [6.07, 6.45) is 4.52. The molecule has 0 aliphatic carbocycles. The van der Waals surface area contributed by atoms with E-state index < -0.39 is 5.60 Å². The first-order valence-corrected chi connectivity index (χ1v) is 8.09. The third-order valence-electron chi connectivity index (χ3n) is 4.63. The topological polar surface area (TPSA) is 66.6 Å². The van der Waals surface area contributed by atoms with Gasteiger partial charge in [-0.25, -0.2) is 4.98 Å². The van der Waals surface area contributed by atoms with Crippen LogP contribution in [0.15, 0.2) is 33.7 Å². The van der Waals surface area contributed by atoms with Gasteiger partial charge in [0.05, 0.1) is 11.8 Å². The first-order chi connectivity index (χ1) is 10.2. The number of carbonyl (C=O) groups excluding carboxylic acids is 1. The van der Waals surface area contributed by atoms with Crippen LogP contribution in [0.2, 0.25) is 0 Å². The van der Waals surface area contributed by atoms with Crippen molar-refractivity contribution in [1.82, 2.24) is 9.88 Å². The highest BCUT2D eigenvalue weighted by Gasteiger charge is 2.51. The minimum absolute atomic E-state index is 0.00903. The van der Waals surface area contributed by atoms with E-state index >= 15 is 0 Å². The van der Waals surface area contributed by atoms with Crippen LogP contribution in [0.25, 0.3) is 0 Å². The summed E-state index contributed by atoms with van der Waals surface area (Å²) < 4.78 is 5.40. The minimum atomic E-state index is -0.950. The Labute approximate surface area is 126 Å². The van der Waals surface area contributed by atoms with Gasteiger partial charge in [-0.3, -0.25) is 4.79 Å². The first-order valence-electron chi connectivity index (χ1n) is 7.14. The second kappa shape index (κ2) is 4.68. The molecule has 0 radical (unpaired) electrons. The van der Waals surface area contributed by atoms with Gasteiger partial charge in [0.25, 0.3) is 5.91 Å². The standard InChI is InChI=1S/C15H16N2O3S/c18-14(12-8-21-9-16-12)17-10-3-4-11(17)7-15(19,6-10)13-2-1-5-20-13/h1-2,5,8-11,19H,3-4,6-7H2. The molecule has 2 atom stereocenters. The van der Waals surface area contributed by atoms with Gasteiger partial charge in [0.1, 0.15) is 17.1 Å². The molecule has 2 aliphatic rings. The van der Waals surface area contributed by atoms with Gasteiger partial charge in [0.2, 0.25) is 0 Å². The van der Waals surface area contributed by atoms with E-state index in [0.29, 0.717) is 24.3 Å². The van der Waals surface area contributed by atoms with E-state index in [1.54, 1.807) is 23.2 Å². The Morgan fingerprint density at radius 3 is 2.76 bits per heavy atom. The Morgan fingerprint density at radius 1 is 1.43 bits per heavy atom. The zero-order valence-electron chi connectivity index (χ0n) is 11.4. The maximum absolute atomic E-state index is 12.6. The molecule has 0 saturated carbocycles. The van der Waals surface area contributed by atoms with Gasteiger partial charge in [0.15, 0.2) is 0 Å². The highest BCUT2D eigenvalue weighted by molar-refractivity contribution is 7.07. The van der Waals surface area contributed by atoms with Crippen LogP contribution in [0.1, 0.15) is 41.9 Å². The lowest BCUT2D eigenvalue weighted by atomic mass is 9.84. The Hall–Kier alpha value is -1.66. The molecule has 0 aromatic carbocycles. The van der Waals surface area contributed by atoms with Gasteiger partial charge in [-0.2, -0.15) is 0 Å². The van der Waals surface area contributed by atoms with Crippen molar-refractivity contribution >= 4 is 17.2 Å². The van der Waals surface area contributed by atoms with Crippen LogP contribution in [-0.4, -0.2) is 33.0 Å². The average molecular weight is 304 g/mol. The molecule has 2 unspecified atom stereocenters. The van der Waals surface area contributed by atoms with Crippen molar-refractivity contribution < 1.29 is 14.3 Å². The number of piperidine rings is 1. The summed E-state index contributed by atoms with van der Waals surface area (Å²) >= 11 is 1.43. The Bertz CT molecular complexity index is 624. The number of rotatable bonds is 2. The number of hydrogen-bond acceptors (Lipinski definition) is 5. The van der Waals surface area contributed by atoms with E-state index in [1.165, 1.54) is 11.3 Å². The maximum atomic E-state index is 12.6. The van der Waals surface area contributed by atoms with Crippen LogP contribution in [0.5, 0.6) is 0 Å². The molecular weight excluding hydrogens is 288 g/mol. The molecule has 1 N–H and O–H groups in total. The minimum Gasteiger partial charge on any atom is -0.466 e. The molecule has 5 nitrogen and oxygen atoms in total. The number of hydrogen-bond donors (Lipinski definition) is 1. The van der Waals surface area contributed by atoms with Crippen LogP contribution in [0, 0.1) is 0 Å². The number of amides is 1.